The fourth-order valence-corrected chi connectivity index (χ4v) is 2.88. The Morgan fingerprint density at radius 1 is 1.22 bits per heavy atom. The Labute approximate surface area is 138 Å². The van der Waals surface area contributed by atoms with Gasteiger partial charge in [0.25, 0.3) is 10.0 Å². The number of sulfonamides is 1. The molecule has 0 saturated carbocycles. The minimum absolute atomic E-state index is 0.0156. The summed E-state index contributed by atoms with van der Waals surface area (Å²) in [5.74, 6) is 0.618. The average Bonchev–Trinajstić information content (AvgIpc) is 2.52. The van der Waals surface area contributed by atoms with Gasteiger partial charge in [0, 0.05) is 0 Å². The first-order chi connectivity index (χ1) is 11.0. The van der Waals surface area contributed by atoms with E-state index in [9.17, 15) is 8.42 Å². The van der Waals surface area contributed by atoms with Crippen LogP contribution in [0, 0.1) is 6.92 Å². The highest BCUT2D eigenvalue weighted by molar-refractivity contribution is 7.92. The third-order valence-corrected chi connectivity index (χ3v) is 4.13. The van der Waals surface area contributed by atoms with Crippen molar-refractivity contribution < 1.29 is 17.9 Å². The first kappa shape index (κ1) is 17.2. The van der Waals surface area contributed by atoms with Crippen molar-refractivity contribution in [3.63, 3.8) is 0 Å². The lowest BCUT2D eigenvalue weighted by molar-refractivity contribution is 0.333. The molecular formula is C13H15ClN4O4S. The van der Waals surface area contributed by atoms with Crippen molar-refractivity contribution in [2.45, 2.75) is 11.8 Å². The zero-order chi connectivity index (χ0) is 16.9. The molecule has 8 nitrogen and oxygen atoms in total. The van der Waals surface area contributed by atoms with Crippen molar-refractivity contribution in [2.24, 2.45) is 0 Å². The fourth-order valence-electron chi connectivity index (χ4n) is 1.71. The van der Waals surface area contributed by atoms with Gasteiger partial charge >= 0.3 is 6.01 Å². The highest BCUT2D eigenvalue weighted by Crippen LogP contribution is 2.25. The topological polar surface area (TPSA) is 103 Å². The number of nitrogens with one attached hydrogen (secondary N) is 1. The maximum atomic E-state index is 12.5. The number of aryl methyl sites for hydroxylation is 1. The van der Waals surface area contributed by atoms with Crippen molar-refractivity contribution >= 4 is 27.6 Å². The number of halogens is 1. The van der Waals surface area contributed by atoms with Gasteiger partial charge in [-0.1, -0.05) is 12.1 Å². The number of rotatable bonds is 7. The first-order valence-electron chi connectivity index (χ1n) is 6.53. The minimum atomic E-state index is -3.94. The van der Waals surface area contributed by atoms with E-state index in [4.69, 9.17) is 21.1 Å². The van der Waals surface area contributed by atoms with Gasteiger partial charge in [-0.2, -0.15) is 15.0 Å². The molecule has 2 aromatic rings. The van der Waals surface area contributed by atoms with E-state index in [0.29, 0.717) is 5.82 Å². The molecule has 0 saturated heterocycles. The second-order valence-electron chi connectivity index (χ2n) is 4.28. The van der Waals surface area contributed by atoms with E-state index in [0.717, 1.165) is 0 Å². The number of methoxy groups -OCH3 is 1. The monoisotopic (exact) mass is 358 g/mol. The molecule has 1 aromatic carbocycles. The smallest absolute Gasteiger partial charge is 0.321 e. The van der Waals surface area contributed by atoms with Crippen molar-refractivity contribution in [2.75, 3.05) is 24.3 Å². The molecule has 1 N–H and O–H groups in total. The number of alkyl halides is 1. The van der Waals surface area contributed by atoms with E-state index in [1.54, 1.807) is 25.1 Å². The minimum Gasteiger partial charge on any atom is -0.491 e. The van der Waals surface area contributed by atoms with Crippen molar-refractivity contribution in [1.29, 1.82) is 0 Å². The number of hydrogen-bond donors (Lipinski definition) is 1. The molecular weight excluding hydrogens is 344 g/mol. The van der Waals surface area contributed by atoms with Gasteiger partial charge in [0.1, 0.15) is 23.1 Å². The van der Waals surface area contributed by atoms with Crippen molar-refractivity contribution in [3.8, 4) is 11.8 Å². The summed E-state index contributed by atoms with van der Waals surface area (Å²) in [6.07, 6.45) is 0. The standard InChI is InChI=1S/C13H15ClN4O4S/c1-9-15-12(17-13(16-9)21-2)18-23(19,20)11-6-4-3-5-10(11)22-8-7-14/h3-6H,7-8H2,1-2H3,(H,15,16,17,18). The quantitative estimate of drug-likeness (QED) is 0.750. The Bertz CT molecular complexity index is 785. The van der Waals surface area contributed by atoms with Crippen molar-refractivity contribution in [1.82, 2.24) is 15.0 Å². The SMILES string of the molecule is COc1nc(C)nc(NS(=O)(=O)c2ccccc2OCCCl)n1. The van der Waals surface area contributed by atoms with E-state index < -0.39 is 10.0 Å². The molecule has 0 aliphatic rings. The van der Waals surface area contributed by atoms with E-state index >= 15 is 0 Å². The number of ether oxygens (including phenoxy) is 2. The molecule has 0 bridgehead atoms. The average molecular weight is 359 g/mol. The number of aromatic nitrogens is 3. The third kappa shape index (κ3) is 4.42. The Balaban J connectivity index is 2.34. The van der Waals surface area contributed by atoms with Crippen LogP contribution < -0.4 is 14.2 Å². The molecule has 1 aromatic heterocycles. The molecule has 2 rings (SSSR count). The van der Waals surface area contributed by atoms with Gasteiger partial charge in [-0.25, -0.2) is 13.1 Å². The van der Waals surface area contributed by atoms with Gasteiger partial charge in [0.15, 0.2) is 0 Å². The fraction of sp³-hybridized carbons (Fsp3) is 0.308. The molecule has 0 aliphatic heterocycles. The van der Waals surface area contributed by atoms with Crippen LogP contribution in [-0.4, -0.2) is 43.0 Å². The van der Waals surface area contributed by atoms with Crippen LogP contribution in [0.5, 0.6) is 11.8 Å². The van der Waals surface area contributed by atoms with Gasteiger partial charge < -0.3 is 9.47 Å². The summed E-state index contributed by atoms with van der Waals surface area (Å²) in [5, 5.41) is 0. The largest absolute Gasteiger partial charge is 0.491 e. The summed E-state index contributed by atoms with van der Waals surface area (Å²) < 4.78 is 37.6. The van der Waals surface area contributed by atoms with Crippen LogP contribution in [0.2, 0.25) is 0 Å². The molecule has 0 amide bonds. The van der Waals surface area contributed by atoms with Crippen LogP contribution in [0.15, 0.2) is 29.2 Å². The number of anilines is 1. The van der Waals surface area contributed by atoms with E-state index in [1.165, 1.54) is 13.2 Å². The molecule has 124 valence electrons. The van der Waals surface area contributed by atoms with Gasteiger partial charge in [-0.05, 0) is 19.1 Å². The molecule has 0 radical (unpaired) electrons. The van der Waals surface area contributed by atoms with E-state index in [2.05, 4.69) is 19.7 Å². The zero-order valence-electron chi connectivity index (χ0n) is 12.5. The second-order valence-corrected chi connectivity index (χ2v) is 6.31. The second kappa shape index (κ2) is 7.42. The molecule has 0 unspecified atom stereocenters. The van der Waals surface area contributed by atoms with E-state index in [-0.39, 0.29) is 35.1 Å². The molecule has 1 heterocycles. The first-order valence-corrected chi connectivity index (χ1v) is 8.55. The van der Waals surface area contributed by atoms with Crippen LogP contribution in [0.4, 0.5) is 5.95 Å². The maximum Gasteiger partial charge on any atom is 0.321 e. The van der Waals surface area contributed by atoms with Crippen LogP contribution in [0.1, 0.15) is 5.82 Å². The number of nitrogens with zero attached hydrogens (tertiary/aromatic N) is 3. The maximum absolute atomic E-state index is 12.5. The normalized spacial score (nSPS) is 11.1. The number of hydrogen-bond acceptors (Lipinski definition) is 7. The summed E-state index contributed by atoms with van der Waals surface area (Å²) in [6, 6.07) is 6.22. The number of benzene rings is 1. The predicted molar refractivity (Wildman–Crippen MR) is 84.6 cm³/mol. The van der Waals surface area contributed by atoms with Crippen LogP contribution in [-0.2, 0) is 10.0 Å². The Morgan fingerprint density at radius 3 is 2.65 bits per heavy atom. The Morgan fingerprint density at radius 2 is 1.96 bits per heavy atom. The van der Waals surface area contributed by atoms with E-state index in [1.807, 2.05) is 0 Å². The molecule has 10 heteroatoms. The Kier molecular flexibility index (Phi) is 5.56. The highest BCUT2D eigenvalue weighted by Gasteiger charge is 2.21. The molecule has 0 fully saturated rings. The van der Waals surface area contributed by atoms with Gasteiger partial charge in [0.05, 0.1) is 13.0 Å². The lowest BCUT2D eigenvalue weighted by atomic mass is 10.3. The lowest BCUT2D eigenvalue weighted by Crippen LogP contribution is -2.17. The number of para-hydroxylation sites is 1. The van der Waals surface area contributed by atoms with Crippen LogP contribution in [0.25, 0.3) is 0 Å². The highest BCUT2D eigenvalue weighted by atomic mass is 35.5. The summed E-state index contributed by atoms with van der Waals surface area (Å²) in [4.78, 5) is 11.6. The summed E-state index contributed by atoms with van der Waals surface area (Å²) >= 11 is 5.57. The summed E-state index contributed by atoms with van der Waals surface area (Å²) in [7, 11) is -2.57. The molecule has 0 atom stereocenters. The van der Waals surface area contributed by atoms with Crippen molar-refractivity contribution in [3.05, 3.63) is 30.1 Å². The Hall–Kier alpha value is -2.13. The molecule has 23 heavy (non-hydrogen) atoms. The van der Waals surface area contributed by atoms with Crippen LogP contribution in [0.3, 0.4) is 0 Å². The van der Waals surface area contributed by atoms with Gasteiger partial charge in [-0.3, -0.25) is 0 Å². The van der Waals surface area contributed by atoms with Gasteiger partial charge in [0.2, 0.25) is 5.95 Å². The zero-order valence-corrected chi connectivity index (χ0v) is 14.1. The molecule has 0 aliphatic carbocycles. The van der Waals surface area contributed by atoms with Crippen LogP contribution >= 0.6 is 11.6 Å². The summed E-state index contributed by atoms with van der Waals surface area (Å²) in [6.45, 7) is 1.78. The predicted octanol–water partition coefficient (Wildman–Crippen LogP) is 1.61. The molecule has 0 spiro atoms. The lowest BCUT2D eigenvalue weighted by Gasteiger charge is -2.12. The van der Waals surface area contributed by atoms with Gasteiger partial charge in [-0.15, -0.1) is 11.6 Å². The summed E-state index contributed by atoms with van der Waals surface area (Å²) in [5.41, 5.74) is 0. The third-order valence-electron chi connectivity index (χ3n) is 2.61.